The minimum Gasteiger partial charge on any atom is -0.386 e. The molecule has 9 heavy (non-hydrogen) atoms. The van der Waals surface area contributed by atoms with E-state index in [1.54, 1.807) is 25.2 Å². The molecule has 0 saturated carbocycles. The molecule has 0 bridgehead atoms. The summed E-state index contributed by atoms with van der Waals surface area (Å²) in [5.74, 6) is 0. The number of rotatable bonds is 0. The first-order chi connectivity index (χ1) is 4.22. The molecule has 2 atom stereocenters. The Balaban J connectivity index is 2.73. The minimum absolute atomic E-state index is 0.699. The summed E-state index contributed by atoms with van der Waals surface area (Å²) < 4.78 is 0. The molecule has 0 amide bonds. The van der Waals surface area contributed by atoms with Crippen LogP contribution in [0.4, 0.5) is 0 Å². The second kappa shape index (κ2) is 2.33. The molecule has 0 aromatic heterocycles. The molecule has 2 nitrogen and oxygen atoms in total. The van der Waals surface area contributed by atoms with Gasteiger partial charge in [-0.1, -0.05) is 18.2 Å². The van der Waals surface area contributed by atoms with E-state index in [2.05, 4.69) is 0 Å². The molecule has 0 aromatic rings. The molecule has 1 aliphatic rings. The van der Waals surface area contributed by atoms with E-state index in [-0.39, 0.29) is 0 Å². The van der Waals surface area contributed by atoms with E-state index < -0.39 is 12.2 Å². The summed E-state index contributed by atoms with van der Waals surface area (Å²) in [6.45, 7) is 1.79. The van der Waals surface area contributed by atoms with Crippen molar-refractivity contribution in [3.63, 3.8) is 0 Å². The van der Waals surface area contributed by atoms with Gasteiger partial charge in [-0.25, -0.2) is 0 Å². The summed E-state index contributed by atoms with van der Waals surface area (Å²) in [5.41, 5.74) is 0.810. The molecule has 1 unspecified atom stereocenters. The van der Waals surface area contributed by atoms with Gasteiger partial charge in [0.2, 0.25) is 0 Å². The van der Waals surface area contributed by atoms with Crippen LogP contribution in [0.15, 0.2) is 23.8 Å². The summed E-state index contributed by atoms with van der Waals surface area (Å²) >= 11 is 0. The molecule has 0 fully saturated rings. The lowest BCUT2D eigenvalue weighted by Crippen LogP contribution is -2.26. The first kappa shape index (κ1) is 6.52. The second-order valence-electron chi connectivity index (χ2n) is 2.23. The van der Waals surface area contributed by atoms with Crippen molar-refractivity contribution >= 4 is 0 Å². The van der Waals surface area contributed by atoms with Gasteiger partial charge in [0.05, 0.1) is 0 Å². The first-order valence-electron chi connectivity index (χ1n) is 2.93. The van der Waals surface area contributed by atoms with Crippen molar-refractivity contribution in [2.24, 2.45) is 0 Å². The van der Waals surface area contributed by atoms with Crippen LogP contribution in [-0.2, 0) is 0 Å². The lowest BCUT2D eigenvalue weighted by molar-refractivity contribution is 0.0716. The summed E-state index contributed by atoms with van der Waals surface area (Å²) in [5, 5.41) is 18.0. The zero-order valence-corrected chi connectivity index (χ0v) is 5.28. The van der Waals surface area contributed by atoms with E-state index in [0.717, 1.165) is 5.57 Å². The van der Waals surface area contributed by atoms with E-state index in [4.69, 9.17) is 10.2 Å². The van der Waals surface area contributed by atoms with Crippen molar-refractivity contribution in [2.75, 3.05) is 0 Å². The fourth-order valence-corrected chi connectivity index (χ4v) is 0.794. The molecule has 0 aromatic carbocycles. The van der Waals surface area contributed by atoms with Crippen LogP contribution in [0.1, 0.15) is 6.92 Å². The third-order valence-corrected chi connectivity index (χ3v) is 1.46. The van der Waals surface area contributed by atoms with Gasteiger partial charge in [-0.2, -0.15) is 0 Å². The van der Waals surface area contributed by atoms with Gasteiger partial charge in [0, 0.05) is 0 Å². The maximum absolute atomic E-state index is 9.08. The zero-order valence-electron chi connectivity index (χ0n) is 5.28. The fourth-order valence-electron chi connectivity index (χ4n) is 0.794. The van der Waals surface area contributed by atoms with E-state index in [1.807, 2.05) is 0 Å². The van der Waals surface area contributed by atoms with E-state index in [9.17, 15) is 0 Å². The SMILES string of the molecule is CC1=CC=CC(O)[C@H]1O. The Morgan fingerprint density at radius 2 is 2.11 bits per heavy atom. The predicted molar refractivity (Wildman–Crippen MR) is 34.9 cm³/mol. The summed E-state index contributed by atoms with van der Waals surface area (Å²) in [6, 6.07) is 0. The highest BCUT2D eigenvalue weighted by Crippen LogP contribution is 2.11. The third-order valence-electron chi connectivity index (χ3n) is 1.46. The van der Waals surface area contributed by atoms with Gasteiger partial charge in [0.25, 0.3) is 0 Å². The number of allylic oxidation sites excluding steroid dienone is 2. The molecule has 1 rings (SSSR count). The highest BCUT2D eigenvalue weighted by atomic mass is 16.3. The Kier molecular flexibility index (Phi) is 1.69. The van der Waals surface area contributed by atoms with Crippen LogP contribution >= 0.6 is 0 Å². The average Bonchev–Trinajstić information content (AvgIpc) is 1.83. The van der Waals surface area contributed by atoms with Gasteiger partial charge in [-0.3, -0.25) is 0 Å². The number of aliphatic hydroxyl groups is 2. The predicted octanol–water partition coefficient (Wildman–Crippen LogP) is 0.224. The number of hydrogen-bond donors (Lipinski definition) is 2. The molecule has 0 heterocycles. The molecular formula is C7H10O2. The standard InChI is InChI=1S/C7H10O2/c1-5-3-2-4-6(8)7(5)9/h2-4,6-9H,1H3/t6?,7-/m0/s1. The molecule has 0 radical (unpaired) electrons. The van der Waals surface area contributed by atoms with Crippen LogP contribution in [-0.4, -0.2) is 22.4 Å². The van der Waals surface area contributed by atoms with Gasteiger partial charge < -0.3 is 10.2 Å². The summed E-state index contributed by atoms with van der Waals surface area (Å²) in [7, 11) is 0. The topological polar surface area (TPSA) is 40.5 Å². The van der Waals surface area contributed by atoms with Crippen LogP contribution < -0.4 is 0 Å². The lowest BCUT2D eigenvalue weighted by atomic mass is 10.0. The van der Waals surface area contributed by atoms with Gasteiger partial charge in [-0.05, 0) is 12.5 Å². The fraction of sp³-hybridized carbons (Fsp3) is 0.429. The molecule has 50 valence electrons. The number of hydrogen-bond acceptors (Lipinski definition) is 2. The Morgan fingerprint density at radius 1 is 1.44 bits per heavy atom. The maximum atomic E-state index is 9.08. The van der Waals surface area contributed by atoms with Gasteiger partial charge in [-0.15, -0.1) is 0 Å². The Hall–Kier alpha value is -0.600. The van der Waals surface area contributed by atoms with Crippen LogP contribution in [0, 0.1) is 0 Å². The maximum Gasteiger partial charge on any atom is 0.105 e. The lowest BCUT2D eigenvalue weighted by Gasteiger charge is -2.17. The minimum atomic E-state index is -0.713. The second-order valence-corrected chi connectivity index (χ2v) is 2.23. The molecule has 2 heteroatoms. The zero-order chi connectivity index (χ0) is 6.85. The Labute approximate surface area is 54.1 Å². The quantitative estimate of drug-likeness (QED) is 0.487. The molecule has 0 spiro atoms. The van der Waals surface area contributed by atoms with Crippen molar-refractivity contribution in [1.29, 1.82) is 0 Å². The van der Waals surface area contributed by atoms with E-state index in [0.29, 0.717) is 0 Å². The Bertz CT molecular complexity index is 158. The van der Waals surface area contributed by atoms with Gasteiger partial charge in [0.1, 0.15) is 12.2 Å². The van der Waals surface area contributed by atoms with Crippen LogP contribution in [0.3, 0.4) is 0 Å². The summed E-state index contributed by atoms with van der Waals surface area (Å²) in [4.78, 5) is 0. The molecule has 1 aliphatic carbocycles. The van der Waals surface area contributed by atoms with Crippen molar-refractivity contribution < 1.29 is 10.2 Å². The largest absolute Gasteiger partial charge is 0.386 e. The van der Waals surface area contributed by atoms with E-state index >= 15 is 0 Å². The average molecular weight is 126 g/mol. The molecule has 2 N–H and O–H groups in total. The number of aliphatic hydroxyl groups excluding tert-OH is 2. The van der Waals surface area contributed by atoms with Crippen molar-refractivity contribution in [3.05, 3.63) is 23.8 Å². The van der Waals surface area contributed by atoms with Gasteiger partial charge in [0.15, 0.2) is 0 Å². The van der Waals surface area contributed by atoms with Crippen molar-refractivity contribution in [3.8, 4) is 0 Å². The smallest absolute Gasteiger partial charge is 0.105 e. The highest BCUT2D eigenvalue weighted by molar-refractivity contribution is 5.23. The van der Waals surface area contributed by atoms with Crippen LogP contribution in [0.25, 0.3) is 0 Å². The third kappa shape index (κ3) is 1.20. The molecule has 0 aliphatic heterocycles. The molecule has 0 saturated heterocycles. The highest BCUT2D eigenvalue weighted by Gasteiger charge is 2.16. The summed E-state index contributed by atoms with van der Waals surface area (Å²) in [6.07, 6.45) is 3.69. The van der Waals surface area contributed by atoms with Crippen LogP contribution in [0.5, 0.6) is 0 Å². The van der Waals surface area contributed by atoms with Crippen molar-refractivity contribution in [2.45, 2.75) is 19.1 Å². The van der Waals surface area contributed by atoms with E-state index in [1.165, 1.54) is 0 Å². The molecular weight excluding hydrogens is 116 g/mol. The van der Waals surface area contributed by atoms with Gasteiger partial charge >= 0.3 is 0 Å². The van der Waals surface area contributed by atoms with Crippen LogP contribution in [0.2, 0.25) is 0 Å². The van der Waals surface area contributed by atoms with Crippen molar-refractivity contribution in [1.82, 2.24) is 0 Å². The first-order valence-corrected chi connectivity index (χ1v) is 2.93. The monoisotopic (exact) mass is 126 g/mol. The normalized spacial score (nSPS) is 34.3. The Morgan fingerprint density at radius 3 is 2.56 bits per heavy atom.